The minimum Gasteiger partial charge on any atom is -0.348 e. The third-order valence-electron chi connectivity index (χ3n) is 9.39. The van der Waals surface area contributed by atoms with Crippen LogP contribution in [0.1, 0.15) is 65.7 Å². The second-order valence-electron chi connectivity index (χ2n) is 10.4. The van der Waals surface area contributed by atoms with Gasteiger partial charge in [-0.25, -0.2) is 0 Å². The molecule has 7 atom stereocenters. The van der Waals surface area contributed by atoms with Crippen LogP contribution in [-0.4, -0.2) is 24.8 Å². The maximum atomic E-state index is 13.6. The molecule has 5 aliphatic rings. The first-order valence-electron chi connectivity index (χ1n) is 10.8. The molecule has 1 heterocycles. The van der Waals surface area contributed by atoms with Gasteiger partial charge in [0.25, 0.3) is 0 Å². The number of ketones is 1. The van der Waals surface area contributed by atoms with E-state index in [1.54, 1.807) is 0 Å². The summed E-state index contributed by atoms with van der Waals surface area (Å²) < 4.78 is 12.1. The maximum absolute atomic E-state index is 13.6. The van der Waals surface area contributed by atoms with Crippen LogP contribution in [-0.2, 0) is 14.3 Å². The Kier molecular flexibility index (Phi) is 3.80. The van der Waals surface area contributed by atoms with E-state index < -0.39 is 5.79 Å². The first-order chi connectivity index (χ1) is 12.4. The van der Waals surface area contributed by atoms with Crippen molar-refractivity contribution in [2.75, 3.05) is 13.2 Å². The predicted molar refractivity (Wildman–Crippen MR) is 100 cm³/mol. The van der Waals surface area contributed by atoms with Crippen molar-refractivity contribution in [3.05, 3.63) is 12.2 Å². The third kappa shape index (κ3) is 2.16. The summed E-state index contributed by atoms with van der Waals surface area (Å²) in [4.78, 5) is 13.6. The van der Waals surface area contributed by atoms with Gasteiger partial charge in [0.1, 0.15) is 5.78 Å². The van der Waals surface area contributed by atoms with Crippen LogP contribution in [0.3, 0.4) is 0 Å². The highest BCUT2D eigenvalue weighted by Gasteiger charge is 2.65. The van der Waals surface area contributed by atoms with Crippen LogP contribution in [0.25, 0.3) is 0 Å². The standard InChI is InChI=1S/C23H34O3/c1-21-11-5-4-6-15(21)7-8-16-17-9-10-19(23(3)25-12-13-26-23)22(17,2)14-18(24)20(16)21/h4-5,15-17,19-20H,6-14H2,1-3H3/t15-,16+,17+,19+,20-,21+,22+/m1/s1. The van der Waals surface area contributed by atoms with E-state index in [4.69, 9.17) is 9.47 Å². The summed E-state index contributed by atoms with van der Waals surface area (Å²) in [5.41, 5.74) is 0.240. The van der Waals surface area contributed by atoms with E-state index in [1.807, 2.05) is 0 Å². The summed E-state index contributed by atoms with van der Waals surface area (Å²) in [6.07, 6.45) is 12.6. The lowest BCUT2D eigenvalue weighted by Gasteiger charge is -2.59. The molecule has 26 heavy (non-hydrogen) atoms. The molecule has 3 heteroatoms. The smallest absolute Gasteiger partial charge is 0.169 e. The Hall–Kier alpha value is -0.670. The number of carbonyl (C=O) groups is 1. The number of hydrogen-bond acceptors (Lipinski definition) is 3. The Morgan fingerprint density at radius 2 is 1.73 bits per heavy atom. The predicted octanol–water partition coefficient (Wildman–Crippen LogP) is 4.75. The van der Waals surface area contributed by atoms with Crippen LogP contribution in [0.2, 0.25) is 0 Å². The normalized spacial score (nSPS) is 52.4. The molecule has 0 radical (unpaired) electrons. The molecule has 0 unspecified atom stereocenters. The molecule has 4 fully saturated rings. The van der Waals surface area contributed by atoms with Gasteiger partial charge in [-0.1, -0.05) is 26.0 Å². The molecule has 0 aromatic heterocycles. The lowest BCUT2D eigenvalue weighted by atomic mass is 9.45. The molecule has 144 valence electrons. The van der Waals surface area contributed by atoms with Crippen molar-refractivity contribution in [1.29, 1.82) is 0 Å². The molecule has 0 spiro atoms. The van der Waals surface area contributed by atoms with Crippen LogP contribution in [0.15, 0.2) is 12.2 Å². The topological polar surface area (TPSA) is 35.5 Å². The fourth-order valence-electron chi connectivity index (χ4n) is 8.25. The zero-order valence-electron chi connectivity index (χ0n) is 16.6. The Labute approximate surface area is 157 Å². The molecule has 0 N–H and O–H groups in total. The van der Waals surface area contributed by atoms with Gasteiger partial charge in [0, 0.05) is 18.3 Å². The summed E-state index contributed by atoms with van der Waals surface area (Å²) in [6.45, 7) is 8.32. The summed E-state index contributed by atoms with van der Waals surface area (Å²) in [5.74, 6) is 2.63. The number of ether oxygens (including phenoxy) is 2. The maximum Gasteiger partial charge on any atom is 0.169 e. The van der Waals surface area contributed by atoms with Crippen LogP contribution >= 0.6 is 0 Å². The van der Waals surface area contributed by atoms with E-state index in [0.717, 1.165) is 19.3 Å². The van der Waals surface area contributed by atoms with E-state index in [2.05, 4.69) is 32.9 Å². The van der Waals surface area contributed by atoms with Gasteiger partial charge in [-0.2, -0.15) is 0 Å². The minimum atomic E-state index is -0.481. The Bertz CT molecular complexity index is 633. The van der Waals surface area contributed by atoms with Gasteiger partial charge in [0.15, 0.2) is 5.79 Å². The van der Waals surface area contributed by atoms with Crippen LogP contribution in [0.4, 0.5) is 0 Å². The van der Waals surface area contributed by atoms with Gasteiger partial charge in [-0.3, -0.25) is 4.79 Å². The first kappa shape index (κ1) is 17.4. The van der Waals surface area contributed by atoms with Gasteiger partial charge < -0.3 is 9.47 Å². The Morgan fingerprint density at radius 1 is 0.962 bits per heavy atom. The third-order valence-corrected chi connectivity index (χ3v) is 9.39. The highest BCUT2D eigenvalue weighted by atomic mass is 16.7. The van der Waals surface area contributed by atoms with Gasteiger partial charge >= 0.3 is 0 Å². The van der Waals surface area contributed by atoms with Crippen LogP contribution in [0, 0.1) is 40.4 Å². The van der Waals surface area contributed by atoms with Crippen molar-refractivity contribution in [2.24, 2.45) is 40.4 Å². The molecule has 1 saturated heterocycles. The van der Waals surface area contributed by atoms with Crippen molar-refractivity contribution in [3.63, 3.8) is 0 Å². The van der Waals surface area contributed by atoms with Crippen molar-refractivity contribution in [3.8, 4) is 0 Å². The lowest BCUT2D eigenvalue weighted by Crippen LogP contribution is -2.58. The molecule has 0 amide bonds. The van der Waals surface area contributed by atoms with E-state index >= 15 is 0 Å². The molecular weight excluding hydrogens is 324 g/mol. The second kappa shape index (κ2) is 5.67. The largest absolute Gasteiger partial charge is 0.348 e. The second-order valence-corrected chi connectivity index (χ2v) is 10.4. The van der Waals surface area contributed by atoms with Gasteiger partial charge in [-0.05, 0) is 74.0 Å². The number of hydrogen-bond donors (Lipinski definition) is 0. The monoisotopic (exact) mass is 358 g/mol. The van der Waals surface area contributed by atoms with Gasteiger partial charge in [-0.15, -0.1) is 0 Å². The number of Topliss-reactive ketones (excluding diaryl/α,β-unsaturated/α-hetero) is 1. The van der Waals surface area contributed by atoms with Crippen molar-refractivity contribution in [1.82, 2.24) is 0 Å². The summed E-state index contributed by atoms with van der Waals surface area (Å²) in [6, 6.07) is 0. The molecule has 1 aliphatic heterocycles. The highest BCUT2D eigenvalue weighted by Crippen LogP contribution is 2.67. The number of rotatable bonds is 1. The van der Waals surface area contributed by atoms with Crippen molar-refractivity contribution >= 4 is 5.78 Å². The van der Waals surface area contributed by atoms with Crippen molar-refractivity contribution < 1.29 is 14.3 Å². The van der Waals surface area contributed by atoms with E-state index in [9.17, 15) is 4.79 Å². The summed E-state index contributed by atoms with van der Waals surface area (Å²) >= 11 is 0. The zero-order valence-corrected chi connectivity index (χ0v) is 16.6. The molecule has 3 nitrogen and oxygen atoms in total. The van der Waals surface area contributed by atoms with Crippen LogP contribution in [0.5, 0.6) is 0 Å². The molecular formula is C23H34O3. The van der Waals surface area contributed by atoms with Crippen molar-refractivity contribution in [2.45, 2.75) is 71.5 Å². The molecule has 4 aliphatic carbocycles. The molecule has 0 aromatic carbocycles. The van der Waals surface area contributed by atoms with Crippen LogP contribution < -0.4 is 0 Å². The highest BCUT2D eigenvalue weighted by molar-refractivity contribution is 5.84. The summed E-state index contributed by atoms with van der Waals surface area (Å²) in [5, 5.41) is 0. The van der Waals surface area contributed by atoms with E-state index in [0.29, 0.717) is 42.7 Å². The first-order valence-corrected chi connectivity index (χ1v) is 10.8. The molecule has 5 rings (SSSR count). The Balaban J connectivity index is 1.49. The lowest BCUT2D eigenvalue weighted by molar-refractivity contribution is -0.215. The SMILES string of the molecule is CC1([C@H]2CC[C@H]3[C@@H]4CC[C@H]5CC=CC[C@]5(C)[C@H]4C(=O)C[C@]23C)OCCO1. The Morgan fingerprint density at radius 3 is 2.50 bits per heavy atom. The fraction of sp³-hybridized carbons (Fsp3) is 0.870. The minimum absolute atomic E-state index is 0.0467. The van der Waals surface area contributed by atoms with Gasteiger partial charge in [0.2, 0.25) is 0 Å². The quantitative estimate of drug-likeness (QED) is 0.634. The number of carbonyl (C=O) groups excluding carboxylic acids is 1. The average molecular weight is 359 g/mol. The fourth-order valence-corrected chi connectivity index (χ4v) is 8.25. The number of fused-ring (bicyclic) bond motifs is 5. The van der Waals surface area contributed by atoms with Gasteiger partial charge in [0.05, 0.1) is 13.2 Å². The summed E-state index contributed by atoms with van der Waals surface area (Å²) in [7, 11) is 0. The zero-order chi connectivity index (χ0) is 18.2. The number of allylic oxidation sites excluding steroid dienone is 2. The molecule has 3 saturated carbocycles. The average Bonchev–Trinajstić information content (AvgIpc) is 3.17. The van der Waals surface area contributed by atoms with E-state index in [-0.39, 0.29) is 16.7 Å². The molecule has 0 bridgehead atoms. The molecule has 0 aromatic rings. The van der Waals surface area contributed by atoms with E-state index in [1.165, 1.54) is 25.7 Å².